The molecule has 1 N–H and O–H groups in total. The zero-order valence-electron chi connectivity index (χ0n) is 17.3. The number of ether oxygens (including phenoxy) is 2. The zero-order valence-corrected chi connectivity index (χ0v) is 17.3. The van der Waals surface area contributed by atoms with Gasteiger partial charge in [0.25, 0.3) is 0 Å². The van der Waals surface area contributed by atoms with E-state index < -0.39 is 6.61 Å². The summed E-state index contributed by atoms with van der Waals surface area (Å²) >= 11 is 0. The van der Waals surface area contributed by atoms with Crippen molar-refractivity contribution in [3.8, 4) is 11.5 Å². The highest BCUT2D eigenvalue weighted by molar-refractivity contribution is 5.78. The van der Waals surface area contributed by atoms with Crippen molar-refractivity contribution in [1.29, 1.82) is 0 Å². The lowest BCUT2D eigenvalue weighted by Gasteiger charge is -2.39. The fraction of sp³-hybridized carbons (Fsp3) is 0.435. The number of rotatable bonds is 8. The standard InChI is InChI=1S/C23H28F2N2O3/c1-27-12-4-6-18(22(27)17-8-10-19(29-2)11-9-17)15-26-21(28)14-16-5-3-7-20(13-16)30-23(24)25/h3,5,7-11,13,18,22-23H,4,6,12,14-15H2,1-2H3,(H,26,28). The van der Waals surface area contributed by atoms with Crippen LogP contribution >= 0.6 is 0 Å². The van der Waals surface area contributed by atoms with Gasteiger partial charge in [-0.25, -0.2) is 0 Å². The van der Waals surface area contributed by atoms with Crippen molar-refractivity contribution >= 4 is 5.91 Å². The summed E-state index contributed by atoms with van der Waals surface area (Å²) in [6, 6.07) is 14.5. The van der Waals surface area contributed by atoms with Gasteiger partial charge in [0, 0.05) is 12.6 Å². The zero-order chi connectivity index (χ0) is 21.5. The number of amides is 1. The van der Waals surface area contributed by atoms with Crippen LogP contribution in [0.15, 0.2) is 48.5 Å². The maximum atomic E-state index is 12.5. The number of nitrogens with zero attached hydrogens (tertiary/aromatic N) is 1. The number of likely N-dealkylation sites (tertiary alicyclic amines) is 1. The van der Waals surface area contributed by atoms with Gasteiger partial charge in [0.1, 0.15) is 11.5 Å². The third kappa shape index (κ3) is 5.92. The van der Waals surface area contributed by atoms with E-state index in [0.717, 1.165) is 25.1 Å². The first kappa shape index (κ1) is 22.0. The van der Waals surface area contributed by atoms with Crippen LogP contribution < -0.4 is 14.8 Å². The molecule has 0 aliphatic carbocycles. The Hall–Kier alpha value is -2.67. The van der Waals surface area contributed by atoms with Crippen molar-refractivity contribution in [2.45, 2.75) is 31.9 Å². The summed E-state index contributed by atoms with van der Waals surface area (Å²) in [5, 5.41) is 3.02. The Balaban J connectivity index is 1.60. The maximum Gasteiger partial charge on any atom is 0.387 e. The number of halogens is 2. The molecule has 2 aromatic rings. The number of carbonyl (C=O) groups is 1. The molecule has 1 saturated heterocycles. The topological polar surface area (TPSA) is 50.8 Å². The highest BCUT2D eigenvalue weighted by Crippen LogP contribution is 2.35. The van der Waals surface area contributed by atoms with Gasteiger partial charge in [0.2, 0.25) is 5.91 Å². The van der Waals surface area contributed by atoms with Gasteiger partial charge in [-0.3, -0.25) is 9.69 Å². The third-order valence-corrected chi connectivity index (χ3v) is 5.51. The molecular formula is C23H28F2N2O3. The van der Waals surface area contributed by atoms with E-state index in [2.05, 4.69) is 34.1 Å². The lowest BCUT2D eigenvalue weighted by atomic mass is 9.85. The molecule has 2 unspecified atom stereocenters. The van der Waals surface area contributed by atoms with Crippen molar-refractivity contribution in [2.75, 3.05) is 27.2 Å². The normalized spacial score (nSPS) is 19.5. The highest BCUT2D eigenvalue weighted by atomic mass is 19.3. The van der Waals surface area contributed by atoms with Crippen LogP contribution in [0.5, 0.6) is 11.5 Å². The van der Waals surface area contributed by atoms with Crippen LogP contribution in [0.25, 0.3) is 0 Å². The quantitative estimate of drug-likeness (QED) is 0.703. The number of hydrogen-bond donors (Lipinski definition) is 1. The number of alkyl halides is 2. The van der Waals surface area contributed by atoms with Gasteiger partial charge in [-0.05, 0) is 67.7 Å². The second-order valence-corrected chi connectivity index (χ2v) is 7.61. The average molecular weight is 418 g/mol. The Morgan fingerprint density at radius 2 is 1.97 bits per heavy atom. The molecule has 1 aliphatic heterocycles. The van der Waals surface area contributed by atoms with Crippen LogP contribution in [0.3, 0.4) is 0 Å². The number of carbonyl (C=O) groups excluding carboxylic acids is 1. The Morgan fingerprint density at radius 3 is 2.67 bits per heavy atom. The van der Waals surface area contributed by atoms with Crippen LogP contribution in [0.2, 0.25) is 0 Å². The third-order valence-electron chi connectivity index (χ3n) is 5.51. The molecule has 1 heterocycles. The molecule has 0 spiro atoms. The molecule has 2 aromatic carbocycles. The van der Waals surface area contributed by atoms with Gasteiger partial charge in [0.15, 0.2) is 0 Å². The van der Waals surface area contributed by atoms with Crippen LogP contribution in [0.4, 0.5) is 8.78 Å². The van der Waals surface area contributed by atoms with E-state index in [1.807, 2.05) is 12.1 Å². The van der Waals surface area contributed by atoms with Crippen molar-refractivity contribution in [3.05, 3.63) is 59.7 Å². The number of nitrogens with one attached hydrogen (secondary N) is 1. The second kappa shape index (κ2) is 10.4. The maximum absolute atomic E-state index is 12.5. The van der Waals surface area contributed by atoms with Crippen LogP contribution in [-0.2, 0) is 11.2 Å². The predicted octanol–water partition coefficient (Wildman–Crippen LogP) is 4.04. The summed E-state index contributed by atoms with van der Waals surface area (Å²) < 4.78 is 34.4. The van der Waals surface area contributed by atoms with Crippen LogP contribution in [-0.4, -0.2) is 44.7 Å². The average Bonchev–Trinajstić information content (AvgIpc) is 2.72. The van der Waals surface area contributed by atoms with E-state index in [1.54, 1.807) is 19.2 Å². The molecule has 1 fully saturated rings. The summed E-state index contributed by atoms with van der Waals surface area (Å²) in [5.41, 5.74) is 1.84. The van der Waals surface area contributed by atoms with Crippen LogP contribution in [0, 0.1) is 5.92 Å². The Bertz CT molecular complexity index is 829. The Morgan fingerprint density at radius 1 is 1.20 bits per heavy atom. The molecule has 5 nitrogen and oxygen atoms in total. The predicted molar refractivity (Wildman–Crippen MR) is 111 cm³/mol. The molecule has 0 bridgehead atoms. The molecule has 0 radical (unpaired) electrons. The van der Waals surface area contributed by atoms with Gasteiger partial charge in [-0.2, -0.15) is 8.78 Å². The number of methoxy groups -OCH3 is 1. The van der Waals surface area contributed by atoms with Gasteiger partial charge < -0.3 is 14.8 Å². The van der Waals surface area contributed by atoms with Crippen LogP contribution in [0.1, 0.15) is 30.0 Å². The first-order valence-electron chi connectivity index (χ1n) is 10.1. The van der Waals surface area contributed by atoms with Crippen molar-refractivity contribution in [3.63, 3.8) is 0 Å². The number of hydrogen-bond acceptors (Lipinski definition) is 4. The van der Waals surface area contributed by atoms with Crippen molar-refractivity contribution in [2.24, 2.45) is 5.92 Å². The SMILES string of the molecule is COc1ccc(C2C(CNC(=O)Cc3cccc(OC(F)F)c3)CCCN2C)cc1. The van der Waals surface area contributed by atoms with Gasteiger partial charge in [-0.1, -0.05) is 24.3 Å². The van der Waals surface area contributed by atoms with E-state index in [0.29, 0.717) is 12.1 Å². The van der Waals surface area contributed by atoms with Gasteiger partial charge >= 0.3 is 6.61 Å². The fourth-order valence-electron chi connectivity index (χ4n) is 4.13. The first-order chi connectivity index (χ1) is 14.5. The molecule has 1 aliphatic rings. The molecule has 162 valence electrons. The number of benzene rings is 2. The van der Waals surface area contributed by atoms with E-state index in [1.165, 1.54) is 17.7 Å². The smallest absolute Gasteiger partial charge is 0.387 e. The summed E-state index contributed by atoms with van der Waals surface area (Å²) in [6.45, 7) is -1.31. The molecule has 1 amide bonds. The minimum absolute atomic E-state index is 0.0591. The molecule has 2 atom stereocenters. The summed E-state index contributed by atoms with van der Waals surface area (Å²) in [7, 11) is 3.76. The van der Waals surface area contributed by atoms with Gasteiger partial charge in [-0.15, -0.1) is 0 Å². The molecule has 30 heavy (non-hydrogen) atoms. The van der Waals surface area contributed by atoms with Crippen molar-refractivity contribution in [1.82, 2.24) is 10.2 Å². The molecule has 0 aromatic heterocycles. The summed E-state index contributed by atoms with van der Waals surface area (Å²) in [4.78, 5) is 14.8. The van der Waals surface area contributed by atoms with E-state index in [9.17, 15) is 13.6 Å². The Labute approximate surface area is 176 Å². The summed E-state index contributed by atoms with van der Waals surface area (Å²) in [6.07, 6.45) is 2.23. The molecule has 0 saturated carbocycles. The Kier molecular flexibility index (Phi) is 7.63. The molecular weight excluding hydrogens is 390 g/mol. The van der Waals surface area contributed by atoms with E-state index >= 15 is 0 Å². The molecule has 3 rings (SSSR count). The number of piperidine rings is 1. The minimum Gasteiger partial charge on any atom is -0.497 e. The second-order valence-electron chi connectivity index (χ2n) is 7.61. The highest BCUT2D eigenvalue weighted by Gasteiger charge is 2.30. The van der Waals surface area contributed by atoms with Gasteiger partial charge in [0.05, 0.1) is 13.5 Å². The molecule has 7 heteroatoms. The monoisotopic (exact) mass is 418 g/mol. The summed E-state index contributed by atoms with van der Waals surface area (Å²) in [5.74, 6) is 1.03. The minimum atomic E-state index is -2.88. The van der Waals surface area contributed by atoms with Crippen molar-refractivity contribution < 1.29 is 23.0 Å². The lowest BCUT2D eigenvalue weighted by molar-refractivity contribution is -0.120. The fourth-order valence-corrected chi connectivity index (χ4v) is 4.13. The van der Waals surface area contributed by atoms with E-state index in [-0.39, 0.29) is 30.0 Å². The van der Waals surface area contributed by atoms with E-state index in [4.69, 9.17) is 4.74 Å². The largest absolute Gasteiger partial charge is 0.497 e. The first-order valence-corrected chi connectivity index (χ1v) is 10.1. The lowest BCUT2D eigenvalue weighted by Crippen LogP contribution is -2.42.